The van der Waals surface area contributed by atoms with Gasteiger partial charge in [0.15, 0.2) is 5.82 Å². The highest BCUT2D eigenvalue weighted by molar-refractivity contribution is 6.32. The molecule has 0 aliphatic carbocycles. The molecule has 2 rings (SSSR count). The molecular weight excluding hydrogens is 273 g/mol. The molecule has 1 N–H and O–H groups in total. The highest BCUT2D eigenvalue weighted by atomic mass is 35.5. The highest BCUT2D eigenvalue weighted by Crippen LogP contribution is 2.13. The predicted octanol–water partition coefficient (Wildman–Crippen LogP) is 1.42. The SMILES string of the molecule is CCn1cnnc1CNC(=O)c1cc(F)cnc1Cl. The Bertz CT molecular complexity index is 601. The number of nitrogens with zero attached hydrogens (tertiary/aromatic N) is 4. The lowest BCUT2D eigenvalue weighted by Gasteiger charge is -2.06. The number of rotatable bonds is 4. The van der Waals surface area contributed by atoms with Crippen molar-refractivity contribution in [2.75, 3.05) is 0 Å². The monoisotopic (exact) mass is 283 g/mol. The average molecular weight is 284 g/mol. The van der Waals surface area contributed by atoms with Gasteiger partial charge in [0.2, 0.25) is 0 Å². The zero-order valence-corrected chi connectivity index (χ0v) is 10.9. The van der Waals surface area contributed by atoms with Gasteiger partial charge in [-0.1, -0.05) is 11.6 Å². The molecular formula is C11H11ClFN5O. The first-order chi connectivity index (χ1) is 9.11. The normalized spacial score (nSPS) is 10.5. The van der Waals surface area contributed by atoms with Crippen LogP contribution in [0.4, 0.5) is 4.39 Å². The van der Waals surface area contributed by atoms with E-state index in [-0.39, 0.29) is 17.3 Å². The summed E-state index contributed by atoms with van der Waals surface area (Å²) in [5, 5.41) is 10.2. The van der Waals surface area contributed by atoms with Crippen molar-refractivity contribution in [3.8, 4) is 0 Å². The number of nitrogens with one attached hydrogen (secondary N) is 1. The molecule has 2 aromatic heterocycles. The van der Waals surface area contributed by atoms with E-state index in [2.05, 4.69) is 20.5 Å². The van der Waals surface area contributed by atoms with Crippen molar-refractivity contribution in [2.24, 2.45) is 0 Å². The van der Waals surface area contributed by atoms with Gasteiger partial charge in [-0.3, -0.25) is 4.79 Å². The van der Waals surface area contributed by atoms with Crippen LogP contribution in [0.1, 0.15) is 23.1 Å². The minimum absolute atomic E-state index is 0.00997. The van der Waals surface area contributed by atoms with E-state index in [0.717, 1.165) is 12.3 Å². The molecule has 100 valence electrons. The van der Waals surface area contributed by atoms with Gasteiger partial charge < -0.3 is 9.88 Å². The standard InChI is InChI=1S/C11H11ClFN5O/c1-2-18-6-16-17-9(18)5-15-11(19)8-3-7(13)4-14-10(8)12/h3-4,6H,2,5H2,1H3,(H,15,19). The third-order valence-electron chi connectivity index (χ3n) is 2.49. The first-order valence-electron chi connectivity index (χ1n) is 5.57. The first-order valence-corrected chi connectivity index (χ1v) is 5.95. The average Bonchev–Trinajstić information content (AvgIpc) is 2.86. The molecule has 2 heterocycles. The summed E-state index contributed by atoms with van der Waals surface area (Å²) in [6.07, 6.45) is 2.52. The minimum atomic E-state index is -0.619. The summed E-state index contributed by atoms with van der Waals surface area (Å²) in [7, 11) is 0. The lowest BCUT2D eigenvalue weighted by molar-refractivity contribution is 0.0948. The van der Waals surface area contributed by atoms with Gasteiger partial charge in [-0.05, 0) is 13.0 Å². The second kappa shape index (κ2) is 5.75. The maximum atomic E-state index is 13.0. The molecule has 0 aliphatic rings. The van der Waals surface area contributed by atoms with Crippen molar-refractivity contribution in [1.29, 1.82) is 0 Å². The van der Waals surface area contributed by atoms with Crippen LogP contribution in [0.15, 0.2) is 18.6 Å². The molecule has 1 amide bonds. The van der Waals surface area contributed by atoms with E-state index in [1.54, 1.807) is 10.9 Å². The van der Waals surface area contributed by atoms with Gasteiger partial charge in [-0.25, -0.2) is 9.37 Å². The third-order valence-corrected chi connectivity index (χ3v) is 2.79. The van der Waals surface area contributed by atoms with Crippen LogP contribution in [0.5, 0.6) is 0 Å². The van der Waals surface area contributed by atoms with Crippen LogP contribution in [0, 0.1) is 5.82 Å². The molecule has 8 heteroatoms. The lowest BCUT2D eigenvalue weighted by Crippen LogP contribution is -2.25. The van der Waals surface area contributed by atoms with E-state index >= 15 is 0 Å². The van der Waals surface area contributed by atoms with Crippen molar-refractivity contribution < 1.29 is 9.18 Å². The number of amides is 1. The number of hydrogen-bond donors (Lipinski definition) is 1. The van der Waals surface area contributed by atoms with Crippen molar-refractivity contribution in [3.63, 3.8) is 0 Å². The van der Waals surface area contributed by atoms with Crippen molar-refractivity contribution in [1.82, 2.24) is 25.1 Å². The van der Waals surface area contributed by atoms with Crippen LogP contribution in [-0.2, 0) is 13.1 Å². The molecule has 0 bridgehead atoms. The van der Waals surface area contributed by atoms with Crippen LogP contribution in [0.2, 0.25) is 5.15 Å². The Morgan fingerprint density at radius 3 is 3.11 bits per heavy atom. The van der Waals surface area contributed by atoms with Gasteiger partial charge in [-0.15, -0.1) is 10.2 Å². The van der Waals surface area contributed by atoms with E-state index in [9.17, 15) is 9.18 Å². The van der Waals surface area contributed by atoms with Crippen LogP contribution in [0.3, 0.4) is 0 Å². The summed E-state index contributed by atoms with van der Waals surface area (Å²) < 4.78 is 14.8. The van der Waals surface area contributed by atoms with Gasteiger partial charge in [0, 0.05) is 6.54 Å². The Kier molecular flexibility index (Phi) is 4.06. The van der Waals surface area contributed by atoms with E-state index in [4.69, 9.17) is 11.6 Å². The summed E-state index contributed by atoms with van der Waals surface area (Å²) in [4.78, 5) is 15.4. The number of carbonyl (C=O) groups is 1. The maximum Gasteiger partial charge on any atom is 0.254 e. The number of aromatic nitrogens is 4. The fraction of sp³-hybridized carbons (Fsp3) is 0.273. The van der Waals surface area contributed by atoms with E-state index in [0.29, 0.717) is 12.4 Å². The molecule has 0 saturated heterocycles. The van der Waals surface area contributed by atoms with Gasteiger partial charge in [0.05, 0.1) is 18.3 Å². The summed E-state index contributed by atoms with van der Waals surface area (Å²) in [5.41, 5.74) is -0.00997. The smallest absolute Gasteiger partial charge is 0.254 e. The lowest BCUT2D eigenvalue weighted by atomic mass is 10.2. The summed E-state index contributed by atoms with van der Waals surface area (Å²) in [6.45, 7) is 2.81. The molecule has 0 spiro atoms. The zero-order chi connectivity index (χ0) is 13.8. The second-order valence-corrected chi connectivity index (χ2v) is 4.07. The third kappa shape index (κ3) is 3.05. The number of pyridine rings is 1. The molecule has 0 aromatic carbocycles. The molecule has 0 saturated carbocycles. The second-order valence-electron chi connectivity index (χ2n) is 3.71. The topological polar surface area (TPSA) is 72.7 Å². The molecule has 19 heavy (non-hydrogen) atoms. The van der Waals surface area contributed by atoms with Crippen LogP contribution < -0.4 is 5.32 Å². The highest BCUT2D eigenvalue weighted by Gasteiger charge is 2.13. The molecule has 6 nitrogen and oxygen atoms in total. The van der Waals surface area contributed by atoms with Gasteiger partial charge in [0.25, 0.3) is 5.91 Å². The molecule has 0 radical (unpaired) electrons. The fourth-order valence-electron chi connectivity index (χ4n) is 1.52. The Morgan fingerprint density at radius 2 is 2.37 bits per heavy atom. The summed E-state index contributed by atoms with van der Waals surface area (Å²) in [6, 6.07) is 1.04. The van der Waals surface area contributed by atoms with Gasteiger partial charge >= 0.3 is 0 Å². The van der Waals surface area contributed by atoms with Crippen molar-refractivity contribution >= 4 is 17.5 Å². The van der Waals surface area contributed by atoms with Crippen LogP contribution >= 0.6 is 11.6 Å². The molecule has 2 aromatic rings. The summed E-state index contributed by atoms with van der Waals surface area (Å²) >= 11 is 5.74. The number of aryl methyl sites for hydroxylation is 1. The van der Waals surface area contributed by atoms with Crippen molar-refractivity contribution in [3.05, 3.63) is 40.9 Å². The Labute approximate surface area is 113 Å². The Hall–Kier alpha value is -2.02. The molecule has 0 fully saturated rings. The zero-order valence-electron chi connectivity index (χ0n) is 10.1. The Morgan fingerprint density at radius 1 is 1.58 bits per heavy atom. The Balaban J connectivity index is 2.07. The quantitative estimate of drug-likeness (QED) is 0.861. The van der Waals surface area contributed by atoms with E-state index in [1.165, 1.54) is 0 Å². The maximum absolute atomic E-state index is 13.0. The fourth-order valence-corrected chi connectivity index (χ4v) is 1.71. The van der Waals surface area contributed by atoms with E-state index in [1.807, 2.05) is 6.92 Å². The minimum Gasteiger partial charge on any atom is -0.345 e. The van der Waals surface area contributed by atoms with Gasteiger partial charge in [-0.2, -0.15) is 0 Å². The number of carbonyl (C=O) groups excluding carboxylic acids is 1. The predicted molar refractivity (Wildman–Crippen MR) is 66.1 cm³/mol. The molecule has 0 unspecified atom stereocenters. The molecule has 0 aliphatic heterocycles. The first kappa shape index (κ1) is 13.4. The van der Waals surface area contributed by atoms with Gasteiger partial charge in [0.1, 0.15) is 17.3 Å². The van der Waals surface area contributed by atoms with E-state index < -0.39 is 11.7 Å². The van der Waals surface area contributed by atoms with Crippen LogP contribution in [-0.4, -0.2) is 25.7 Å². The largest absolute Gasteiger partial charge is 0.345 e. The number of halogens is 2. The molecule has 0 atom stereocenters. The number of hydrogen-bond acceptors (Lipinski definition) is 4. The van der Waals surface area contributed by atoms with Crippen molar-refractivity contribution in [2.45, 2.75) is 20.0 Å². The van der Waals surface area contributed by atoms with Crippen LogP contribution in [0.25, 0.3) is 0 Å². The summed E-state index contributed by atoms with van der Waals surface area (Å²) in [5.74, 6) is -0.523.